The van der Waals surface area contributed by atoms with Crippen molar-refractivity contribution in [1.29, 1.82) is 0 Å². The molecule has 0 amide bonds. The maximum atomic E-state index is 12.8. The highest BCUT2D eigenvalue weighted by molar-refractivity contribution is 5.76. The molecule has 2 heterocycles. The van der Waals surface area contributed by atoms with E-state index in [1.165, 1.54) is 19.2 Å². The number of halogens is 3. The van der Waals surface area contributed by atoms with Crippen LogP contribution < -0.4 is 4.74 Å². The van der Waals surface area contributed by atoms with Gasteiger partial charge in [0.1, 0.15) is 17.6 Å². The fraction of sp³-hybridized carbons (Fsp3) is 0.385. The van der Waals surface area contributed by atoms with E-state index in [0.29, 0.717) is 42.3 Å². The second-order valence-corrected chi connectivity index (χ2v) is 8.49. The highest BCUT2D eigenvalue weighted by atomic mass is 19.4. The third-order valence-corrected chi connectivity index (χ3v) is 6.11. The van der Waals surface area contributed by atoms with E-state index in [-0.39, 0.29) is 17.9 Å². The maximum Gasteiger partial charge on any atom is 0.416 e. The van der Waals surface area contributed by atoms with Gasteiger partial charge in [-0.15, -0.1) is 0 Å². The Morgan fingerprint density at radius 2 is 1.86 bits per heavy atom. The molecule has 0 saturated carbocycles. The summed E-state index contributed by atoms with van der Waals surface area (Å²) in [7, 11) is 1.42. The van der Waals surface area contributed by atoms with Crippen molar-refractivity contribution in [3.8, 4) is 17.2 Å². The number of aryl methyl sites for hydroxylation is 1. The Bertz CT molecular complexity index is 1140. The second-order valence-electron chi connectivity index (χ2n) is 8.49. The van der Waals surface area contributed by atoms with Crippen LogP contribution in [0.1, 0.15) is 35.4 Å². The molecule has 35 heavy (non-hydrogen) atoms. The number of aromatic nitrogens is 1. The highest BCUT2D eigenvalue weighted by Gasteiger charge is 2.31. The SMILES string of the molecule is COC(=O)[C@@H]1CCCN1Cc1ccc(OCCc2nc(-c3ccc(C(F)(F)F)cc3)oc2C)cc1. The van der Waals surface area contributed by atoms with E-state index in [9.17, 15) is 18.0 Å². The third kappa shape index (κ3) is 6.03. The molecule has 1 saturated heterocycles. The van der Waals surface area contributed by atoms with Crippen LogP contribution in [0.5, 0.6) is 5.75 Å². The Morgan fingerprint density at radius 1 is 1.14 bits per heavy atom. The molecule has 2 aromatic carbocycles. The monoisotopic (exact) mass is 488 g/mol. The van der Waals surface area contributed by atoms with E-state index in [1.54, 1.807) is 6.92 Å². The van der Waals surface area contributed by atoms with E-state index in [0.717, 1.165) is 37.1 Å². The number of likely N-dealkylation sites (tertiary alicyclic amines) is 1. The van der Waals surface area contributed by atoms with Crippen molar-refractivity contribution >= 4 is 5.97 Å². The van der Waals surface area contributed by atoms with Crippen LogP contribution in [0.15, 0.2) is 52.9 Å². The first-order valence-corrected chi connectivity index (χ1v) is 11.4. The molecule has 1 atom stereocenters. The molecular weight excluding hydrogens is 461 g/mol. The molecule has 0 aliphatic carbocycles. The summed E-state index contributed by atoms with van der Waals surface area (Å²) in [5.74, 6) is 1.41. The summed E-state index contributed by atoms with van der Waals surface area (Å²) < 4.78 is 54.7. The van der Waals surface area contributed by atoms with Crippen LogP contribution in [-0.2, 0) is 28.7 Å². The van der Waals surface area contributed by atoms with Crippen LogP contribution in [0.2, 0.25) is 0 Å². The normalized spacial score (nSPS) is 16.4. The van der Waals surface area contributed by atoms with Crippen molar-refractivity contribution < 1.29 is 31.9 Å². The minimum atomic E-state index is -4.38. The smallest absolute Gasteiger partial charge is 0.416 e. The number of hydrogen-bond acceptors (Lipinski definition) is 6. The van der Waals surface area contributed by atoms with E-state index in [4.69, 9.17) is 13.9 Å². The second kappa shape index (κ2) is 10.5. The molecule has 0 unspecified atom stereocenters. The lowest BCUT2D eigenvalue weighted by molar-refractivity contribution is -0.146. The van der Waals surface area contributed by atoms with Crippen molar-refractivity contribution in [2.45, 2.75) is 44.9 Å². The van der Waals surface area contributed by atoms with Gasteiger partial charge in [0.2, 0.25) is 5.89 Å². The van der Waals surface area contributed by atoms with Crippen molar-refractivity contribution in [2.24, 2.45) is 0 Å². The van der Waals surface area contributed by atoms with Crippen LogP contribution in [0, 0.1) is 6.92 Å². The van der Waals surface area contributed by atoms with E-state index in [2.05, 4.69) is 9.88 Å². The molecule has 1 fully saturated rings. The summed E-state index contributed by atoms with van der Waals surface area (Å²) in [5.41, 5.74) is 1.55. The first-order chi connectivity index (χ1) is 16.7. The lowest BCUT2D eigenvalue weighted by atomic mass is 10.1. The topological polar surface area (TPSA) is 64.8 Å². The number of esters is 1. The minimum absolute atomic E-state index is 0.186. The summed E-state index contributed by atoms with van der Waals surface area (Å²) >= 11 is 0. The van der Waals surface area contributed by atoms with Gasteiger partial charge in [-0.1, -0.05) is 12.1 Å². The number of hydrogen-bond donors (Lipinski definition) is 0. The van der Waals surface area contributed by atoms with Crippen LogP contribution >= 0.6 is 0 Å². The summed E-state index contributed by atoms with van der Waals surface area (Å²) in [5, 5.41) is 0. The molecule has 4 rings (SSSR count). The van der Waals surface area contributed by atoms with Crippen molar-refractivity contribution in [1.82, 2.24) is 9.88 Å². The molecule has 0 bridgehead atoms. The fourth-order valence-electron chi connectivity index (χ4n) is 4.19. The molecule has 3 aromatic rings. The number of benzene rings is 2. The van der Waals surface area contributed by atoms with Gasteiger partial charge < -0.3 is 13.9 Å². The minimum Gasteiger partial charge on any atom is -0.493 e. The molecule has 0 spiro atoms. The summed E-state index contributed by atoms with van der Waals surface area (Å²) in [6.07, 6.45) is -2.10. The van der Waals surface area contributed by atoms with Gasteiger partial charge in [-0.2, -0.15) is 13.2 Å². The van der Waals surface area contributed by atoms with Crippen molar-refractivity contribution in [3.05, 3.63) is 71.1 Å². The molecule has 186 valence electrons. The van der Waals surface area contributed by atoms with Gasteiger partial charge >= 0.3 is 12.1 Å². The molecule has 0 radical (unpaired) electrons. The number of nitrogens with zero attached hydrogens (tertiary/aromatic N) is 2. The van der Waals surface area contributed by atoms with E-state index >= 15 is 0 Å². The van der Waals surface area contributed by atoms with Gasteiger partial charge in [0.25, 0.3) is 0 Å². The van der Waals surface area contributed by atoms with Crippen LogP contribution in [0.25, 0.3) is 11.5 Å². The number of ether oxygens (including phenoxy) is 2. The zero-order chi connectivity index (χ0) is 25.0. The number of alkyl halides is 3. The zero-order valence-electron chi connectivity index (χ0n) is 19.6. The summed E-state index contributed by atoms with van der Waals surface area (Å²) in [6.45, 7) is 3.68. The van der Waals surface area contributed by atoms with E-state index < -0.39 is 11.7 Å². The standard InChI is InChI=1S/C26H27F3N2O4/c1-17-22(30-24(35-17)19-7-9-20(10-8-19)26(27,28)29)13-15-34-21-11-5-18(6-12-21)16-31-14-3-4-23(31)25(32)33-2/h5-12,23H,3-4,13-16H2,1-2H3/t23-/m0/s1. The van der Waals surface area contributed by atoms with Crippen molar-refractivity contribution in [2.75, 3.05) is 20.3 Å². The Hall–Kier alpha value is -3.33. The lowest BCUT2D eigenvalue weighted by Crippen LogP contribution is -2.36. The number of carbonyl (C=O) groups is 1. The molecule has 1 aliphatic heterocycles. The van der Waals surface area contributed by atoms with Gasteiger partial charge in [0, 0.05) is 18.5 Å². The fourth-order valence-corrected chi connectivity index (χ4v) is 4.19. The van der Waals surface area contributed by atoms with Gasteiger partial charge in [0.05, 0.1) is 25.0 Å². The molecule has 9 heteroatoms. The van der Waals surface area contributed by atoms with Gasteiger partial charge in [-0.25, -0.2) is 4.98 Å². The van der Waals surface area contributed by atoms with Crippen LogP contribution in [0.4, 0.5) is 13.2 Å². The molecule has 6 nitrogen and oxygen atoms in total. The van der Waals surface area contributed by atoms with Gasteiger partial charge in [-0.05, 0) is 68.3 Å². The molecule has 0 N–H and O–H groups in total. The van der Waals surface area contributed by atoms with Gasteiger partial charge in [-0.3, -0.25) is 9.69 Å². The summed E-state index contributed by atoms with van der Waals surface area (Å²) in [4.78, 5) is 18.5. The third-order valence-electron chi connectivity index (χ3n) is 6.11. The molecule has 1 aromatic heterocycles. The number of carbonyl (C=O) groups excluding carboxylic acids is 1. The lowest BCUT2D eigenvalue weighted by Gasteiger charge is -2.22. The molecular formula is C26H27F3N2O4. The Labute approximate surface area is 201 Å². The number of rotatable bonds is 8. The van der Waals surface area contributed by atoms with E-state index in [1.807, 2.05) is 24.3 Å². The van der Waals surface area contributed by atoms with Gasteiger partial charge in [0.15, 0.2) is 0 Å². The summed E-state index contributed by atoms with van der Waals surface area (Å²) in [6, 6.07) is 12.3. The Morgan fingerprint density at radius 3 is 2.51 bits per heavy atom. The largest absolute Gasteiger partial charge is 0.493 e. The average Bonchev–Trinajstić information content (AvgIpc) is 3.46. The quantitative estimate of drug-likeness (QED) is 0.394. The number of oxazole rings is 1. The molecule has 1 aliphatic rings. The highest BCUT2D eigenvalue weighted by Crippen LogP contribution is 2.31. The average molecular weight is 489 g/mol. The first-order valence-electron chi connectivity index (χ1n) is 11.4. The van der Waals surface area contributed by atoms with Crippen LogP contribution in [0.3, 0.4) is 0 Å². The van der Waals surface area contributed by atoms with Crippen molar-refractivity contribution in [3.63, 3.8) is 0 Å². The first kappa shape index (κ1) is 24.8. The predicted octanol–water partition coefficient (Wildman–Crippen LogP) is 5.43. The number of methoxy groups -OCH3 is 1. The maximum absolute atomic E-state index is 12.8. The van der Waals surface area contributed by atoms with Crippen LogP contribution in [-0.4, -0.2) is 42.2 Å². The Balaban J connectivity index is 1.30. The zero-order valence-corrected chi connectivity index (χ0v) is 19.6. The predicted molar refractivity (Wildman–Crippen MR) is 123 cm³/mol. The Kier molecular flexibility index (Phi) is 7.45.